The second kappa shape index (κ2) is 4.68. The number of carbonyl (C=O) groups is 1. The lowest BCUT2D eigenvalue weighted by Gasteiger charge is -2.16. The molecular weight excluding hydrogens is 230 g/mol. The molecule has 1 aliphatic rings. The van der Waals surface area contributed by atoms with E-state index in [9.17, 15) is 4.79 Å². The molecule has 1 aliphatic carbocycles. The maximum absolute atomic E-state index is 11.8. The lowest BCUT2D eigenvalue weighted by Crippen LogP contribution is -2.17. The summed E-state index contributed by atoms with van der Waals surface area (Å²) in [5, 5.41) is 3.90. The normalized spacial score (nSPS) is 20.0. The van der Waals surface area contributed by atoms with E-state index < -0.39 is 0 Å². The molecule has 2 aromatic heterocycles. The number of aromatic nitrogens is 3. The van der Waals surface area contributed by atoms with Crippen LogP contribution in [0.25, 0.3) is 11.5 Å². The maximum atomic E-state index is 11.8. The Morgan fingerprint density at radius 3 is 3.00 bits per heavy atom. The van der Waals surface area contributed by atoms with Gasteiger partial charge in [-0.25, -0.2) is 0 Å². The molecule has 92 valence electrons. The Morgan fingerprint density at radius 2 is 2.22 bits per heavy atom. The van der Waals surface area contributed by atoms with E-state index in [1.165, 1.54) is 0 Å². The molecule has 2 heterocycles. The summed E-state index contributed by atoms with van der Waals surface area (Å²) >= 11 is 0. The minimum atomic E-state index is -0.219. The molecule has 3 rings (SSSR count). The maximum Gasteiger partial charge on any atom is 0.237 e. The quantitative estimate of drug-likeness (QED) is 0.809. The molecule has 0 aliphatic heterocycles. The molecule has 0 aromatic carbocycles. The fourth-order valence-electron chi connectivity index (χ4n) is 2.22. The second-order valence-electron chi connectivity index (χ2n) is 4.44. The average molecular weight is 243 g/mol. The third-order valence-electron chi connectivity index (χ3n) is 3.19. The van der Waals surface area contributed by atoms with Crippen molar-refractivity contribution in [3.8, 4) is 11.5 Å². The first-order chi connectivity index (χ1) is 8.84. The van der Waals surface area contributed by atoms with Gasteiger partial charge in [0.25, 0.3) is 0 Å². The van der Waals surface area contributed by atoms with Gasteiger partial charge in [0.2, 0.25) is 11.7 Å². The first kappa shape index (κ1) is 11.1. The average Bonchev–Trinajstić information content (AvgIpc) is 2.90. The molecule has 1 unspecified atom stereocenters. The van der Waals surface area contributed by atoms with E-state index in [4.69, 9.17) is 4.52 Å². The highest BCUT2D eigenvalue weighted by atomic mass is 16.5. The van der Waals surface area contributed by atoms with Crippen molar-refractivity contribution in [3.63, 3.8) is 0 Å². The van der Waals surface area contributed by atoms with Crippen LogP contribution in [0.3, 0.4) is 0 Å². The monoisotopic (exact) mass is 243 g/mol. The predicted octanol–water partition coefficient (Wildman–Crippen LogP) is 2.36. The molecule has 0 saturated heterocycles. The van der Waals surface area contributed by atoms with E-state index in [0.717, 1.165) is 19.3 Å². The van der Waals surface area contributed by atoms with E-state index in [-0.39, 0.29) is 11.7 Å². The number of Topliss-reactive ketones (excluding diaryl/α,β-unsaturated/α-hetero) is 1. The Hall–Kier alpha value is -2.04. The van der Waals surface area contributed by atoms with Gasteiger partial charge in [0.15, 0.2) is 0 Å². The summed E-state index contributed by atoms with van der Waals surface area (Å²) in [5.74, 6) is 0.866. The molecule has 0 spiro atoms. The number of carbonyl (C=O) groups excluding carboxylic acids is 1. The van der Waals surface area contributed by atoms with Crippen molar-refractivity contribution in [2.24, 2.45) is 0 Å². The van der Waals surface area contributed by atoms with Crippen LogP contribution < -0.4 is 0 Å². The van der Waals surface area contributed by atoms with Crippen LogP contribution >= 0.6 is 0 Å². The van der Waals surface area contributed by atoms with Crippen molar-refractivity contribution in [1.82, 2.24) is 15.1 Å². The van der Waals surface area contributed by atoms with Gasteiger partial charge < -0.3 is 4.52 Å². The number of hydrogen-bond donors (Lipinski definition) is 0. The molecule has 1 fully saturated rings. The highest BCUT2D eigenvalue weighted by Crippen LogP contribution is 2.29. The lowest BCUT2D eigenvalue weighted by atomic mass is 9.88. The van der Waals surface area contributed by atoms with Crippen molar-refractivity contribution < 1.29 is 9.32 Å². The summed E-state index contributed by atoms with van der Waals surface area (Å²) in [6, 6.07) is 5.51. The van der Waals surface area contributed by atoms with Crippen molar-refractivity contribution >= 4 is 5.78 Å². The van der Waals surface area contributed by atoms with Gasteiger partial charge in [0.1, 0.15) is 11.5 Å². The van der Waals surface area contributed by atoms with Gasteiger partial charge in [-0.15, -0.1) is 0 Å². The molecule has 5 nitrogen and oxygen atoms in total. The van der Waals surface area contributed by atoms with Crippen LogP contribution in [0.15, 0.2) is 28.9 Å². The standard InChI is InChI=1S/C13H13N3O2/c17-11-7-2-1-5-9(11)13-15-12(16-18-13)10-6-3-4-8-14-10/h3-4,6,8-9H,1-2,5,7H2. The van der Waals surface area contributed by atoms with Crippen molar-refractivity contribution in [2.45, 2.75) is 31.6 Å². The van der Waals surface area contributed by atoms with Crippen LogP contribution in [0, 0.1) is 0 Å². The van der Waals surface area contributed by atoms with Gasteiger partial charge in [-0.1, -0.05) is 17.6 Å². The van der Waals surface area contributed by atoms with E-state index in [1.54, 1.807) is 6.20 Å². The van der Waals surface area contributed by atoms with E-state index in [2.05, 4.69) is 15.1 Å². The molecule has 0 N–H and O–H groups in total. The molecule has 5 heteroatoms. The highest BCUT2D eigenvalue weighted by Gasteiger charge is 2.29. The molecule has 0 radical (unpaired) electrons. The summed E-state index contributed by atoms with van der Waals surface area (Å²) in [7, 11) is 0. The third-order valence-corrected chi connectivity index (χ3v) is 3.19. The van der Waals surface area contributed by atoms with Gasteiger partial charge in [-0.3, -0.25) is 9.78 Å². The van der Waals surface area contributed by atoms with Crippen molar-refractivity contribution in [1.29, 1.82) is 0 Å². The molecule has 1 saturated carbocycles. The fourth-order valence-corrected chi connectivity index (χ4v) is 2.22. The fraction of sp³-hybridized carbons (Fsp3) is 0.385. The Balaban J connectivity index is 1.87. The molecule has 18 heavy (non-hydrogen) atoms. The minimum absolute atomic E-state index is 0.206. The van der Waals surface area contributed by atoms with Gasteiger partial charge in [-0.2, -0.15) is 4.98 Å². The van der Waals surface area contributed by atoms with Crippen LogP contribution in [0.1, 0.15) is 37.5 Å². The molecule has 2 aromatic rings. The number of rotatable bonds is 2. The van der Waals surface area contributed by atoms with Gasteiger partial charge in [0.05, 0.1) is 5.92 Å². The van der Waals surface area contributed by atoms with Gasteiger partial charge in [0, 0.05) is 12.6 Å². The largest absolute Gasteiger partial charge is 0.338 e. The number of ketones is 1. The molecule has 0 bridgehead atoms. The third kappa shape index (κ3) is 2.03. The van der Waals surface area contributed by atoms with Crippen LogP contribution in [0.2, 0.25) is 0 Å². The summed E-state index contributed by atoms with van der Waals surface area (Å²) in [6.07, 6.45) is 5.11. The Kier molecular flexibility index (Phi) is 2.88. The minimum Gasteiger partial charge on any atom is -0.338 e. The Morgan fingerprint density at radius 1 is 1.28 bits per heavy atom. The molecule has 1 atom stereocenters. The number of nitrogens with zero attached hydrogens (tertiary/aromatic N) is 3. The number of pyridine rings is 1. The van der Waals surface area contributed by atoms with E-state index in [0.29, 0.717) is 23.8 Å². The molecule has 0 amide bonds. The van der Waals surface area contributed by atoms with Crippen molar-refractivity contribution in [2.75, 3.05) is 0 Å². The van der Waals surface area contributed by atoms with Gasteiger partial charge in [-0.05, 0) is 25.0 Å². The molecular formula is C13H13N3O2. The van der Waals surface area contributed by atoms with Crippen LogP contribution in [-0.4, -0.2) is 20.9 Å². The van der Waals surface area contributed by atoms with Crippen LogP contribution in [0.4, 0.5) is 0 Å². The summed E-state index contributed by atoms with van der Waals surface area (Å²) < 4.78 is 5.21. The summed E-state index contributed by atoms with van der Waals surface area (Å²) in [4.78, 5) is 20.2. The zero-order chi connectivity index (χ0) is 12.4. The summed E-state index contributed by atoms with van der Waals surface area (Å²) in [6.45, 7) is 0. The predicted molar refractivity (Wildman–Crippen MR) is 63.7 cm³/mol. The van der Waals surface area contributed by atoms with E-state index in [1.807, 2.05) is 18.2 Å². The van der Waals surface area contributed by atoms with Crippen LogP contribution in [-0.2, 0) is 4.79 Å². The first-order valence-corrected chi connectivity index (χ1v) is 6.12. The SMILES string of the molecule is O=C1CCCCC1c1nc(-c2ccccn2)no1. The number of hydrogen-bond acceptors (Lipinski definition) is 5. The van der Waals surface area contributed by atoms with Crippen LogP contribution in [0.5, 0.6) is 0 Å². The zero-order valence-corrected chi connectivity index (χ0v) is 9.87. The zero-order valence-electron chi connectivity index (χ0n) is 9.87. The topological polar surface area (TPSA) is 68.9 Å². The smallest absolute Gasteiger partial charge is 0.237 e. The lowest BCUT2D eigenvalue weighted by molar-refractivity contribution is -0.122. The second-order valence-corrected chi connectivity index (χ2v) is 4.44. The summed E-state index contributed by atoms with van der Waals surface area (Å²) in [5.41, 5.74) is 0.663. The Bertz CT molecular complexity index is 550. The van der Waals surface area contributed by atoms with Gasteiger partial charge >= 0.3 is 0 Å². The van der Waals surface area contributed by atoms with E-state index >= 15 is 0 Å². The highest BCUT2D eigenvalue weighted by molar-refractivity contribution is 5.85. The van der Waals surface area contributed by atoms with Crippen molar-refractivity contribution in [3.05, 3.63) is 30.3 Å². The Labute approximate surface area is 104 Å². The first-order valence-electron chi connectivity index (χ1n) is 6.12.